The van der Waals surface area contributed by atoms with E-state index in [1.165, 1.54) is 17.7 Å². The number of nitrogens with zero attached hydrogens (tertiary/aromatic N) is 2. The molecule has 23 heavy (non-hydrogen) atoms. The second kappa shape index (κ2) is 6.92. The van der Waals surface area contributed by atoms with Gasteiger partial charge in [-0.15, -0.1) is 0 Å². The number of halogens is 1. The van der Waals surface area contributed by atoms with E-state index in [9.17, 15) is 4.39 Å². The molecule has 0 aliphatic carbocycles. The third-order valence-corrected chi connectivity index (χ3v) is 3.62. The van der Waals surface area contributed by atoms with Crippen LogP contribution in [0.4, 0.5) is 10.3 Å². The van der Waals surface area contributed by atoms with Crippen LogP contribution >= 0.6 is 0 Å². The third-order valence-electron chi connectivity index (χ3n) is 3.62. The van der Waals surface area contributed by atoms with E-state index >= 15 is 0 Å². The smallest absolute Gasteiger partial charge is 0.203 e. The van der Waals surface area contributed by atoms with Crippen LogP contribution < -0.4 is 5.32 Å². The molecule has 3 rings (SSSR count). The molecule has 0 bridgehead atoms. The fourth-order valence-electron chi connectivity index (χ4n) is 2.37. The summed E-state index contributed by atoms with van der Waals surface area (Å²) in [4.78, 5) is 4.38. The zero-order chi connectivity index (χ0) is 16.1. The molecule has 3 aromatic rings. The van der Waals surface area contributed by atoms with Gasteiger partial charge in [0, 0.05) is 19.2 Å². The number of anilines is 1. The lowest BCUT2D eigenvalue weighted by Gasteiger charge is -2.07. The number of rotatable bonds is 5. The molecule has 0 atom stereocenters. The molecule has 0 saturated heterocycles. The van der Waals surface area contributed by atoms with E-state index in [0.29, 0.717) is 6.54 Å². The summed E-state index contributed by atoms with van der Waals surface area (Å²) in [5, 5.41) is 3.28. The minimum Gasteiger partial charge on any atom is -0.352 e. The van der Waals surface area contributed by atoms with Crippen molar-refractivity contribution in [2.24, 2.45) is 7.05 Å². The molecule has 1 aromatic heterocycles. The largest absolute Gasteiger partial charge is 0.352 e. The van der Waals surface area contributed by atoms with Crippen molar-refractivity contribution in [3.05, 3.63) is 78.3 Å². The maximum absolute atomic E-state index is 13.0. The first-order valence-electron chi connectivity index (χ1n) is 7.47. The van der Waals surface area contributed by atoms with E-state index in [2.05, 4.69) is 34.6 Å². The number of aromatic nitrogens is 2. The lowest BCUT2D eigenvalue weighted by atomic mass is 10.2. The summed E-state index contributed by atoms with van der Waals surface area (Å²) in [6.07, 6.45) is 5.91. The summed E-state index contributed by atoms with van der Waals surface area (Å²) in [6.45, 7) is 0.683. The van der Waals surface area contributed by atoms with Gasteiger partial charge in [-0.3, -0.25) is 0 Å². The zero-order valence-corrected chi connectivity index (χ0v) is 12.9. The fraction of sp³-hybridized carbons (Fsp3) is 0.105. The van der Waals surface area contributed by atoms with Gasteiger partial charge in [-0.2, -0.15) is 0 Å². The van der Waals surface area contributed by atoms with E-state index in [-0.39, 0.29) is 5.82 Å². The molecule has 0 spiro atoms. The molecule has 0 aliphatic heterocycles. The number of hydrogen-bond donors (Lipinski definition) is 1. The molecule has 2 aromatic carbocycles. The number of nitrogens with one attached hydrogen (secondary N) is 1. The van der Waals surface area contributed by atoms with Gasteiger partial charge in [-0.1, -0.05) is 42.5 Å². The van der Waals surface area contributed by atoms with Crippen molar-refractivity contribution in [3.8, 4) is 11.3 Å². The Labute approximate surface area is 135 Å². The van der Waals surface area contributed by atoms with E-state index < -0.39 is 0 Å². The monoisotopic (exact) mass is 307 g/mol. The summed E-state index contributed by atoms with van der Waals surface area (Å²) in [5.74, 6) is 0.544. The first-order chi connectivity index (χ1) is 11.2. The topological polar surface area (TPSA) is 29.9 Å². The predicted molar refractivity (Wildman–Crippen MR) is 92.6 cm³/mol. The van der Waals surface area contributed by atoms with Crippen LogP contribution in [-0.2, 0) is 7.05 Å². The Morgan fingerprint density at radius 2 is 1.83 bits per heavy atom. The molecule has 116 valence electrons. The maximum Gasteiger partial charge on any atom is 0.203 e. The van der Waals surface area contributed by atoms with Crippen LogP contribution in [0, 0.1) is 5.82 Å². The lowest BCUT2D eigenvalue weighted by molar-refractivity contribution is 0.628. The first-order valence-corrected chi connectivity index (χ1v) is 7.47. The summed E-state index contributed by atoms with van der Waals surface area (Å²) in [6, 6.07) is 16.6. The van der Waals surface area contributed by atoms with Gasteiger partial charge in [0.15, 0.2) is 0 Å². The van der Waals surface area contributed by atoms with E-state index in [0.717, 1.165) is 17.2 Å². The standard InChI is InChI=1S/C19H18FN3/c1-23-18(16-9-11-17(20)12-10-16)14-22-19(23)21-13-5-8-15-6-3-2-4-7-15/h2-12,14H,13H2,1H3,(H,21,22). The van der Waals surface area contributed by atoms with Gasteiger partial charge in [-0.25, -0.2) is 9.37 Å². The molecule has 0 amide bonds. The number of imidazole rings is 1. The summed E-state index contributed by atoms with van der Waals surface area (Å²) < 4.78 is 15.0. The zero-order valence-electron chi connectivity index (χ0n) is 12.9. The summed E-state index contributed by atoms with van der Waals surface area (Å²) in [7, 11) is 1.94. The Kier molecular flexibility index (Phi) is 4.52. The van der Waals surface area contributed by atoms with E-state index in [4.69, 9.17) is 0 Å². The van der Waals surface area contributed by atoms with Crippen LogP contribution in [0.5, 0.6) is 0 Å². The van der Waals surface area contributed by atoms with Gasteiger partial charge in [0.2, 0.25) is 5.95 Å². The van der Waals surface area contributed by atoms with Crippen molar-refractivity contribution in [3.63, 3.8) is 0 Å². The maximum atomic E-state index is 13.0. The summed E-state index contributed by atoms with van der Waals surface area (Å²) >= 11 is 0. The normalized spacial score (nSPS) is 11.0. The first kappa shape index (κ1) is 15.0. The van der Waals surface area contributed by atoms with Crippen LogP contribution in [0.15, 0.2) is 66.9 Å². The van der Waals surface area contributed by atoms with Gasteiger partial charge >= 0.3 is 0 Å². The quantitative estimate of drug-likeness (QED) is 0.759. The van der Waals surface area contributed by atoms with Crippen molar-refractivity contribution in [1.29, 1.82) is 0 Å². The average Bonchev–Trinajstić information content (AvgIpc) is 2.94. The minimum atomic E-state index is -0.236. The van der Waals surface area contributed by atoms with Crippen LogP contribution in [0.2, 0.25) is 0 Å². The molecule has 0 aliphatic rings. The van der Waals surface area contributed by atoms with Gasteiger partial charge in [0.05, 0.1) is 11.9 Å². The van der Waals surface area contributed by atoms with Gasteiger partial charge in [-0.05, 0) is 29.8 Å². The molecule has 0 saturated carbocycles. The van der Waals surface area contributed by atoms with Crippen LogP contribution in [0.3, 0.4) is 0 Å². The average molecular weight is 307 g/mol. The Balaban J connectivity index is 1.65. The fourth-order valence-corrected chi connectivity index (χ4v) is 2.37. The van der Waals surface area contributed by atoms with Crippen LogP contribution in [0.25, 0.3) is 17.3 Å². The highest BCUT2D eigenvalue weighted by Crippen LogP contribution is 2.22. The van der Waals surface area contributed by atoms with Crippen molar-refractivity contribution >= 4 is 12.0 Å². The molecule has 0 fully saturated rings. The molecule has 0 radical (unpaired) electrons. The van der Waals surface area contributed by atoms with Crippen LogP contribution in [-0.4, -0.2) is 16.1 Å². The minimum absolute atomic E-state index is 0.236. The van der Waals surface area contributed by atoms with Gasteiger partial charge in [0.1, 0.15) is 5.82 Å². The number of hydrogen-bond acceptors (Lipinski definition) is 2. The molecule has 1 heterocycles. The highest BCUT2D eigenvalue weighted by atomic mass is 19.1. The Morgan fingerprint density at radius 3 is 2.57 bits per heavy atom. The third kappa shape index (κ3) is 3.66. The Hall–Kier alpha value is -2.88. The van der Waals surface area contributed by atoms with Crippen molar-refractivity contribution in [2.75, 3.05) is 11.9 Å². The van der Waals surface area contributed by atoms with Crippen molar-refractivity contribution in [1.82, 2.24) is 9.55 Å². The van der Waals surface area contributed by atoms with Crippen molar-refractivity contribution < 1.29 is 4.39 Å². The highest BCUT2D eigenvalue weighted by Gasteiger charge is 2.07. The van der Waals surface area contributed by atoms with Gasteiger partial charge in [0.25, 0.3) is 0 Å². The van der Waals surface area contributed by atoms with Crippen molar-refractivity contribution in [2.45, 2.75) is 0 Å². The van der Waals surface area contributed by atoms with Crippen LogP contribution in [0.1, 0.15) is 5.56 Å². The number of benzene rings is 2. The molecule has 4 heteroatoms. The second-order valence-electron chi connectivity index (χ2n) is 5.23. The Morgan fingerprint density at radius 1 is 1.09 bits per heavy atom. The SMILES string of the molecule is Cn1c(-c2ccc(F)cc2)cnc1NCC=Cc1ccccc1. The predicted octanol–water partition coefficient (Wildman–Crippen LogP) is 4.35. The second-order valence-corrected chi connectivity index (χ2v) is 5.23. The summed E-state index contributed by atoms with van der Waals surface area (Å²) in [5.41, 5.74) is 3.05. The van der Waals surface area contributed by atoms with Gasteiger partial charge < -0.3 is 9.88 Å². The molecule has 0 unspecified atom stereocenters. The molecule has 3 nitrogen and oxygen atoms in total. The highest BCUT2D eigenvalue weighted by molar-refractivity contribution is 5.61. The van der Waals surface area contributed by atoms with E-state index in [1.807, 2.05) is 29.8 Å². The lowest BCUT2D eigenvalue weighted by Crippen LogP contribution is -2.05. The molecular weight excluding hydrogens is 289 g/mol. The molecular formula is C19H18FN3. The Bertz CT molecular complexity index is 789. The van der Waals surface area contributed by atoms with E-state index in [1.54, 1.807) is 18.3 Å². The molecule has 1 N–H and O–H groups in total.